The molecular formula is C23H28N2O9. The van der Waals surface area contributed by atoms with E-state index in [0.29, 0.717) is 36.8 Å². The number of esters is 1. The van der Waals surface area contributed by atoms with E-state index in [1.54, 1.807) is 20.8 Å². The Morgan fingerprint density at radius 2 is 1.68 bits per heavy atom. The highest BCUT2D eigenvalue weighted by Gasteiger charge is 2.35. The van der Waals surface area contributed by atoms with Crippen LogP contribution in [0.2, 0.25) is 0 Å². The molecule has 3 amide bonds. The number of anilines is 1. The van der Waals surface area contributed by atoms with Gasteiger partial charge < -0.3 is 19.0 Å². The highest BCUT2D eigenvalue weighted by molar-refractivity contribution is 6.03. The number of carbonyl (C=O) groups excluding carboxylic acids is 5. The number of hydrogen-bond donors (Lipinski definition) is 0. The summed E-state index contributed by atoms with van der Waals surface area (Å²) in [5.74, 6) is -3.23. The van der Waals surface area contributed by atoms with E-state index in [4.69, 9.17) is 19.0 Å². The highest BCUT2D eigenvalue weighted by atomic mass is 16.7. The SMILES string of the molecule is CC(=O)Oc1cc(N(C(=O)OC(C)(C)C)C2CCOCC2)ccc1C(=O)ON1C(=O)CCC1=O. The van der Waals surface area contributed by atoms with Crippen LogP contribution in [-0.2, 0) is 28.7 Å². The molecule has 0 unspecified atom stereocenters. The van der Waals surface area contributed by atoms with Gasteiger partial charge in [-0.2, -0.15) is 0 Å². The summed E-state index contributed by atoms with van der Waals surface area (Å²) in [6, 6.07) is 3.89. The molecule has 2 saturated heterocycles. The van der Waals surface area contributed by atoms with Crippen molar-refractivity contribution in [3.8, 4) is 5.75 Å². The zero-order valence-corrected chi connectivity index (χ0v) is 19.6. The zero-order chi connectivity index (χ0) is 25.0. The second kappa shape index (κ2) is 10.2. The van der Waals surface area contributed by atoms with E-state index >= 15 is 0 Å². The van der Waals surface area contributed by atoms with Gasteiger partial charge in [0.05, 0.1) is 5.69 Å². The summed E-state index contributed by atoms with van der Waals surface area (Å²) in [4.78, 5) is 67.5. The second-order valence-electron chi connectivity index (χ2n) is 8.93. The van der Waals surface area contributed by atoms with Gasteiger partial charge in [0.2, 0.25) is 0 Å². The highest BCUT2D eigenvalue weighted by Crippen LogP contribution is 2.32. The lowest BCUT2D eigenvalue weighted by Gasteiger charge is -2.35. The molecule has 0 aromatic heterocycles. The molecule has 1 aromatic rings. The standard InChI is InChI=1S/C23H28N2O9/c1-14(26)32-18-13-16(5-6-17(18)21(29)34-25-19(27)7-8-20(25)28)24(15-9-11-31-12-10-15)22(30)33-23(2,3)4/h5-6,13,15H,7-12H2,1-4H3. The molecule has 2 fully saturated rings. The minimum Gasteiger partial charge on any atom is -0.443 e. The predicted octanol–water partition coefficient (Wildman–Crippen LogP) is 2.75. The molecule has 0 saturated carbocycles. The first-order chi connectivity index (χ1) is 16.0. The molecule has 34 heavy (non-hydrogen) atoms. The summed E-state index contributed by atoms with van der Waals surface area (Å²) in [7, 11) is 0. The maximum absolute atomic E-state index is 13.1. The molecule has 0 bridgehead atoms. The molecule has 11 nitrogen and oxygen atoms in total. The summed E-state index contributed by atoms with van der Waals surface area (Å²) in [5, 5.41) is 0.406. The predicted molar refractivity (Wildman–Crippen MR) is 117 cm³/mol. The summed E-state index contributed by atoms with van der Waals surface area (Å²) in [5.41, 5.74) is -0.609. The lowest BCUT2D eigenvalue weighted by molar-refractivity contribution is -0.172. The number of rotatable bonds is 5. The third kappa shape index (κ3) is 6.10. The molecule has 11 heteroatoms. The van der Waals surface area contributed by atoms with Crippen molar-refractivity contribution in [2.75, 3.05) is 18.1 Å². The molecule has 0 N–H and O–H groups in total. The molecule has 0 radical (unpaired) electrons. The van der Waals surface area contributed by atoms with Gasteiger partial charge in [0.1, 0.15) is 16.9 Å². The molecule has 0 atom stereocenters. The number of carbonyl (C=O) groups is 5. The van der Waals surface area contributed by atoms with E-state index in [9.17, 15) is 24.0 Å². The van der Waals surface area contributed by atoms with Gasteiger partial charge in [0.25, 0.3) is 11.8 Å². The van der Waals surface area contributed by atoms with Crippen LogP contribution in [0.25, 0.3) is 0 Å². The number of hydroxylamine groups is 2. The van der Waals surface area contributed by atoms with Crippen molar-refractivity contribution >= 4 is 35.5 Å². The number of benzene rings is 1. The minimum atomic E-state index is -1.05. The smallest absolute Gasteiger partial charge is 0.415 e. The first-order valence-corrected chi connectivity index (χ1v) is 11.0. The fourth-order valence-corrected chi connectivity index (χ4v) is 3.58. The van der Waals surface area contributed by atoms with Gasteiger partial charge in [0.15, 0.2) is 0 Å². The molecule has 3 rings (SSSR count). The Morgan fingerprint density at radius 1 is 1.06 bits per heavy atom. The van der Waals surface area contributed by atoms with Gasteiger partial charge >= 0.3 is 18.0 Å². The van der Waals surface area contributed by atoms with Crippen molar-refractivity contribution in [2.45, 2.75) is 65.0 Å². The van der Waals surface area contributed by atoms with Gasteiger partial charge in [-0.1, -0.05) is 0 Å². The Morgan fingerprint density at radius 3 is 2.24 bits per heavy atom. The largest absolute Gasteiger partial charge is 0.443 e. The molecule has 0 aliphatic carbocycles. The van der Waals surface area contributed by atoms with E-state index < -0.39 is 35.4 Å². The number of imide groups is 1. The fourth-order valence-electron chi connectivity index (χ4n) is 3.58. The van der Waals surface area contributed by atoms with Crippen LogP contribution < -0.4 is 9.64 Å². The molecule has 184 valence electrons. The summed E-state index contributed by atoms with van der Waals surface area (Å²) < 4.78 is 16.2. The summed E-state index contributed by atoms with van der Waals surface area (Å²) in [6.07, 6.45) is 0.406. The third-order valence-electron chi connectivity index (χ3n) is 5.04. The Kier molecular flexibility index (Phi) is 7.55. The lowest BCUT2D eigenvalue weighted by atomic mass is 10.1. The normalized spacial score (nSPS) is 16.9. The maximum atomic E-state index is 13.1. The third-order valence-corrected chi connectivity index (χ3v) is 5.04. The molecule has 2 aliphatic heterocycles. The summed E-state index contributed by atoms with van der Waals surface area (Å²) >= 11 is 0. The van der Waals surface area contributed by atoms with Crippen LogP contribution in [0.5, 0.6) is 5.75 Å². The van der Waals surface area contributed by atoms with Crippen LogP contribution in [0.15, 0.2) is 18.2 Å². The van der Waals surface area contributed by atoms with E-state index in [-0.39, 0.29) is 30.2 Å². The van der Waals surface area contributed by atoms with Crippen LogP contribution in [0.4, 0.5) is 10.5 Å². The average molecular weight is 476 g/mol. The first-order valence-electron chi connectivity index (χ1n) is 11.0. The van der Waals surface area contributed by atoms with Crippen molar-refractivity contribution in [3.63, 3.8) is 0 Å². The van der Waals surface area contributed by atoms with Crippen LogP contribution in [0.3, 0.4) is 0 Å². The maximum Gasteiger partial charge on any atom is 0.415 e. The lowest BCUT2D eigenvalue weighted by Crippen LogP contribution is -2.46. The van der Waals surface area contributed by atoms with Crippen molar-refractivity contribution in [1.82, 2.24) is 5.06 Å². The summed E-state index contributed by atoms with van der Waals surface area (Å²) in [6.45, 7) is 7.32. The molecule has 2 heterocycles. The van der Waals surface area contributed by atoms with Crippen molar-refractivity contribution < 1.29 is 43.0 Å². The Hall–Kier alpha value is -3.47. The Balaban J connectivity index is 1.96. The molecular weight excluding hydrogens is 448 g/mol. The van der Waals surface area contributed by atoms with Crippen LogP contribution in [0.1, 0.15) is 63.7 Å². The van der Waals surface area contributed by atoms with Crippen molar-refractivity contribution in [1.29, 1.82) is 0 Å². The van der Waals surface area contributed by atoms with E-state index in [2.05, 4.69) is 0 Å². The first kappa shape index (κ1) is 25.2. The zero-order valence-electron chi connectivity index (χ0n) is 19.6. The second-order valence-corrected chi connectivity index (χ2v) is 8.93. The van der Waals surface area contributed by atoms with Crippen LogP contribution in [-0.4, -0.2) is 59.8 Å². The fraction of sp³-hybridized carbons (Fsp3) is 0.522. The van der Waals surface area contributed by atoms with Crippen molar-refractivity contribution in [2.24, 2.45) is 0 Å². The van der Waals surface area contributed by atoms with Gasteiger partial charge in [-0.25, -0.2) is 9.59 Å². The minimum absolute atomic E-state index is 0.0577. The van der Waals surface area contributed by atoms with Gasteiger partial charge in [-0.15, -0.1) is 5.06 Å². The number of hydrogen-bond acceptors (Lipinski definition) is 9. The monoisotopic (exact) mass is 476 g/mol. The number of ether oxygens (including phenoxy) is 3. The Bertz CT molecular complexity index is 977. The van der Waals surface area contributed by atoms with Crippen LogP contribution in [0, 0.1) is 0 Å². The quantitative estimate of drug-likeness (QED) is 0.358. The molecule has 1 aromatic carbocycles. The van der Waals surface area contributed by atoms with Gasteiger partial charge in [0, 0.05) is 45.1 Å². The van der Waals surface area contributed by atoms with E-state index in [1.165, 1.54) is 23.1 Å². The van der Waals surface area contributed by atoms with Crippen LogP contribution >= 0.6 is 0 Å². The molecule has 2 aliphatic rings. The van der Waals surface area contributed by atoms with Crippen molar-refractivity contribution in [3.05, 3.63) is 23.8 Å². The molecule has 0 spiro atoms. The van der Waals surface area contributed by atoms with E-state index in [1.807, 2.05) is 0 Å². The number of amides is 3. The van der Waals surface area contributed by atoms with E-state index in [0.717, 1.165) is 6.92 Å². The Labute approximate surface area is 196 Å². The van der Waals surface area contributed by atoms with Gasteiger partial charge in [-0.3, -0.25) is 19.3 Å². The topological polar surface area (TPSA) is 129 Å². The average Bonchev–Trinajstić information content (AvgIpc) is 3.05. The van der Waals surface area contributed by atoms with Gasteiger partial charge in [-0.05, 0) is 45.7 Å². The number of nitrogens with zero attached hydrogens (tertiary/aromatic N) is 2.